The Morgan fingerprint density at radius 1 is 1.67 bits per heavy atom. The van der Waals surface area contributed by atoms with Gasteiger partial charge in [-0.3, -0.25) is 10.3 Å². The fourth-order valence-corrected chi connectivity index (χ4v) is 1.10. The van der Waals surface area contributed by atoms with Crippen molar-refractivity contribution >= 4 is 5.71 Å². The minimum Gasteiger partial charge on any atom is -0.297 e. The van der Waals surface area contributed by atoms with Gasteiger partial charge in [0.25, 0.3) is 0 Å². The smallest absolute Gasteiger partial charge is 0.168 e. The Kier molecular flexibility index (Phi) is 1.35. The molecular formula is C7H15N2+. The lowest BCUT2D eigenvalue weighted by atomic mass is 10.0. The summed E-state index contributed by atoms with van der Waals surface area (Å²) in [6, 6.07) is 0.643. The van der Waals surface area contributed by atoms with Crippen LogP contribution in [0.2, 0.25) is 0 Å². The summed E-state index contributed by atoms with van der Waals surface area (Å²) in [7, 11) is 1.97. The Hall–Kier alpha value is -0.370. The van der Waals surface area contributed by atoms with Crippen molar-refractivity contribution in [2.24, 2.45) is 0 Å². The first-order valence-corrected chi connectivity index (χ1v) is 3.40. The molecule has 2 N–H and O–H groups in total. The second-order valence-electron chi connectivity index (χ2n) is 2.94. The van der Waals surface area contributed by atoms with Gasteiger partial charge in [-0.05, 0) is 13.8 Å². The van der Waals surface area contributed by atoms with E-state index in [1.807, 2.05) is 7.05 Å². The molecular weight excluding hydrogens is 112 g/mol. The predicted octanol–water partition coefficient (Wildman–Crippen LogP) is -1.09. The molecule has 1 fully saturated rings. The van der Waals surface area contributed by atoms with Gasteiger partial charge in [0, 0.05) is 13.0 Å². The number of rotatable bonds is 1. The Labute approximate surface area is 56.4 Å². The highest BCUT2D eigenvalue weighted by Crippen LogP contribution is 2.24. The van der Waals surface area contributed by atoms with Gasteiger partial charge in [0.2, 0.25) is 0 Å². The van der Waals surface area contributed by atoms with Crippen LogP contribution >= 0.6 is 0 Å². The van der Waals surface area contributed by atoms with Crippen LogP contribution in [0.3, 0.4) is 0 Å². The van der Waals surface area contributed by atoms with Gasteiger partial charge in [-0.15, -0.1) is 0 Å². The van der Waals surface area contributed by atoms with Crippen LogP contribution in [0.15, 0.2) is 0 Å². The Balaban J connectivity index is 2.64. The van der Waals surface area contributed by atoms with Gasteiger partial charge in [0.1, 0.15) is 12.6 Å². The average molecular weight is 127 g/mol. The molecule has 0 unspecified atom stereocenters. The lowest BCUT2D eigenvalue weighted by molar-refractivity contribution is -0.422. The molecule has 1 aliphatic rings. The van der Waals surface area contributed by atoms with Crippen molar-refractivity contribution in [3.05, 3.63) is 0 Å². The van der Waals surface area contributed by atoms with E-state index in [1.165, 1.54) is 5.71 Å². The standard InChI is InChI=1S/C7H14N2/c1-5(8-4)7(3)6(2)9-7/h6,9H,1-4H3/p+1/t6-,7-/m0/s1. The maximum Gasteiger partial charge on any atom is 0.168 e. The molecule has 52 valence electrons. The van der Waals surface area contributed by atoms with E-state index in [0.29, 0.717) is 6.04 Å². The summed E-state index contributed by atoms with van der Waals surface area (Å²) in [6.45, 7) is 6.53. The summed E-state index contributed by atoms with van der Waals surface area (Å²) in [6.07, 6.45) is 0. The third kappa shape index (κ3) is 0.874. The summed E-state index contributed by atoms with van der Waals surface area (Å²) in [5.41, 5.74) is 1.60. The topological polar surface area (TPSA) is 35.9 Å². The normalized spacial score (nSPS) is 43.1. The second kappa shape index (κ2) is 1.81. The fraction of sp³-hybridized carbons (Fsp3) is 0.857. The van der Waals surface area contributed by atoms with Gasteiger partial charge in [0.05, 0.1) is 0 Å². The summed E-state index contributed by atoms with van der Waals surface area (Å²) < 4.78 is 0. The van der Waals surface area contributed by atoms with Gasteiger partial charge in [-0.2, -0.15) is 0 Å². The molecule has 1 saturated heterocycles. The van der Waals surface area contributed by atoms with E-state index in [-0.39, 0.29) is 5.54 Å². The molecule has 0 amide bonds. The van der Waals surface area contributed by atoms with Crippen LogP contribution in [0.5, 0.6) is 0 Å². The molecule has 0 aromatic rings. The zero-order valence-corrected chi connectivity index (χ0v) is 6.58. The lowest BCUT2D eigenvalue weighted by Gasteiger charge is -1.98. The summed E-state index contributed by atoms with van der Waals surface area (Å²) >= 11 is 0. The Morgan fingerprint density at radius 3 is 2.22 bits per heavy atom. The highest BCUT2D eigenvalue weighted by Gasteiger charge is 2.51. The minimum atomic E-state index is 0.273. The van der Waals surface area contributed by atoms with Gasteiger partial charge in [-0.25, -0.2) is 0 Å². The molecule has 0 aromatic carbocycles. The van der Waals surface area contributed by atoms with Crippen molar-refractivity contribution in [1.29, 1.82) is 0 Å². The second-order valence-corrected chi connectivity index (χ2v) is 2.94. The molecule has 0 saturated carbocycles. The maximum absolute atomic E-state index is 3.36. The first-order valence-electron chi connectivity index (χ1n) is 3.40. The van der Waals surface area contributed by atoms with Crippen molar-refractivity contribution in [1.82, 2.24) is 5.32 Å². The van der Waals surface area contributed by atoms with Crippen LogP contribution in [0, 0.1) is 0 Å². The third-order valence-electron chi connectivity index (χ3n) is 2.45. The van der Waals surface area contributed by atoms with E-state index < -0.39 is 0 Å². The van der Waals surface area contributed by atoms with Crippen LogP contribution in [-0.2, 0) is 0 Å². The molecule has 0 aromatic heterocycles. The molecule has 0 aliphatic carbocycles. The largest absolute Gasteiger partial charge is 0.297 e. The monoisotopic (exact) mass is 127 g/mol. The Bertz CT molecular complexity index is 151. The molecule has 1 rings (SSSR count). The van der Waals surface area contributed by atoms with Crippen LogP contribution in [-0.4, -0.2) is 24.3 Å². The molecule has 2 heteroatoms. The first kappa shape index (κ1) is 6.75. The fourth-order valence-electron chi connectivity index (χ4n) is 1.10. The van der Waals surface area contributed by atoms with Crippen molar-refractivity contribution < 1.29 is 4.99 Å². The molecule has 1 aliphatic heterocycles. The van der Waals surface area contributed by atoms with E-state index >= 15 is 0 Å². The molecule has 2 nitrogen and oxygen atoms in total. The van der Waals surface area contributed by atoms with Crippen LogP contribution in [0.1, 0.15) is 20.8 Å². The average Bonchev–Trinajstić information content (AvgIpc) is 2.41. The van der Waals surface area contributed by atoms with Gasteiger partial charge >= 0.3 is 0 Å². The van der Waals surface area contributed by atoms with Crippen molar-refractivity contribution in [3.63, 3.8) is 0 Å². The SMILES string of the molecule is C[NH+]=C(C)[C@]1(C)N[C@H]1C. The number of hydrogen-bond acceptors (Lipinski definition) is 1. The van der Waals surface area contributed by atoms with Crippen molar-refractivity contribution in [2.75, 3.05) is 7.05 Å². The molecule has 9 heavy (non-hydrogen) atoms. The van der Waals surface area contributed by atoms with E-state index in [4.69, 9.17) is 0 Å². The Morgan fingerprint density at radius 2 is 2.11 bits per heavy atom. The van der Waals surface area contributed by atoms with Gasteiger partial charge in [0.15, 0.2) is 5.71 Å². The summed E-state index contributed by atoms with van der Waals surface area (Å²) in [5, 5.41) is 3.36. The van der Waals surface area contributed by atoms with E-state index in [9.17, 15) is 0 Å². The molecule has 2 atom stereocenters. The molecule has 0 radical (unpaired) electrons. The van der Waals surface area contributed by atoms with Crippen molar-refractivity contribution in [3.8, 4) is 0 Å². The first-order chi connectivity index (χ1) is 4.11. The van der Waals surface area contributed by atoms with E-state index in [0.717, 1.165) is 0 Å². The summed E-state index contributed by atoms with van der Waals surface area (Å²) in [5.74, 6) is 0. The quantitative estimate of drug-likeness (QED) is 0.341. The zero-order valence-electron chi connectivity index (χ0n) is 6.58. The van der Waals surface area contributed by atoms with Crippen LogP contribution < -0.4 is 10.3 Å². The maximum atomic E-state index is 3.36. The van der Waals surface area contributed by atoms with Crippen molar-refractivity contribution in [2.45, 2.75) is 32.4 Å². The highest BCUT2D eigenvalue weighted by molar-refractivity contribution is 5.90. The lowest BCUT2D eigenvalue weighted by Crippen LogP contribution is -2.70. The third-order valence-corrected chi connectivity index (χ3v) is 2.45. The van der Waals surface area contributed by atoms with Crippen LogP contribution in [0.25, 0.3) is 0 Å². The molecule has 0 spiro atoms. The van der Waals surface area contributed by atoms with E-state index in [2.05, 4.69) is 31.1 Å². The summed E-state index contributed by atoms with van der Waals surface area (Å²) in [4.78, 5) is 3.15. The van der Waals surface area contributed by atoms with E-state index in [1.54, 1.807) is 0 Å². The number of hydrogen-bond donors (Lipinski definition) is 2. The predicted molar refractivity (Wildman–Crippen MR) is 38.6 cm³/mol. The van der Waals surface area contributed by atoms with Gasteiger partial charge in [-0.1, -0.05) is 0 Å². The molecule has 1 heterocycles. The minimum absolute atomic E-state index is 0.273. The zero-order chi connectivity index (χ0) is 7.07. The molecule has 0 bridgehead atoms. The number of nitrogens with one attached hydrogen (secondary N) is 2. The van der Waals surface area contributed by atoms with Gasteiger partial charge < -0.3 is 0 Å². The van der Waals surface area contributed by atoms with Crippen LogP contribution in [0.4, 0.5) is 0 Å². The highest BCUT2D eigenvalue weighted by atomic mass is 15.2.